The predicted molar refractivity (Wildman–Crippen MR) is 116 cm³/mol. The summed E-state index contributed by atoms with van der Waals surface area (Å²) in [4.78, 5) is 19.9. The largest absolute Gasteiger partial charge is 0.389 e. The lowest BCUT2D eigenvalue weighted by Crippen LogP contribution is -2.39. The molecule has 0 N–H and O–H groups in total. The summed E-state index contributed by atoms with van der Waals surface area (Å²) in [5, 5.41) is 0. The molecule has 1 aliphatic rings. The molecule has 1 saturated heterocycles. The molecule has 4 rings (SSSR count). The Balaban J connectivity index is 1.68. The minimum atomic E-state index is -4.27. The molecule has 6 nitrogen and oxygen atoms in total. The van der Waals surface area contributed by atoms with Gasteiger partial charge in [-0.15, -0.1) is 0 Å². The second-order valence-electron chi connectivity index (χ2n) is 7.96. The zero-order valence-electron chi connectivity index (χ0n) is 18.0. The number of alkyl halides is 3. The molecular weight excluding hydrogens is 419 g/mol. The molecule has 0 spiro atoms. The number of ether oxygens (including phenoxy) is 1. The van der Waals surface area contributed by atoms with Gasteiger partial charge in [-0.1, -0.05) is 6.58 Å². The number of aromatic nitrogens is 4. The van der Waals surface area contributed by atoms with Crippen LogP contribution in [-0.2, 0) is 4.74 Å². The molecule has 0 saturated carbocycles. The second-order valence-corrected chi connectivity index (χ2v) is 7.96. The smallest absolute Gasteiger partial charge is 0.370 e. The maximum atomic E-state index is 12.8. The zero-order valence-corrected chi connectivity index (χ0v) is 18.0. The van der Waals surface area contributed by atoms with Gasteiger partial charge < -0.3 is 9.64 Å². The average Bonchev–Trinajstić information content (AvgIpc) is 2.76. The van der Waals surface area contributed by atoms with E-state index in [-0.39, 0.29) is 12.5 Å². The van der Waals surface area contributed by atoms with Gasteiger partial charge in [0.25, 0.3) is 0 Å². The molecule has 0 radical (unpaired) electrons. The Morgan fingerprint density at radius 1 is 1.19 bits per heavy atom. The number of rotatable bonds is 5. The summed E-state index contributed by atoms with van der Waals surface area (Å²) in [6.45, 7) is 9.28. The lowest BCUT2D eigenvalue weighted by atomic mass is 10.1. The van der Waals surface area contributed by atoms with Crippen molar-refractivity contribution in [3.63, 3.8) is 0 Å². The van der Waals surface area contributed by atoms with E-state index in [4.69, 9.17) is 4.74 Å². The SMILES string of the molecule is C=C(CCC(F)(F)F)c1nc(N2CCOC(c3ccnc(C)c3)C2)cc2nc(C)cnc12. The van der Waals surface area contributed by atoms with Crippen LogP contribution in [0.2, 0.25) is 0 Å². The van der Waals surface area contributed by atoms with Gasteiger partial charge in [0.1, 0.15) is 17.4 Å². The van der Waals surface area contributed by atoms with Gasteiger partial charge in [0, 0.05) is 43.7 Å². The molecular formula is C23H24F3N5O. The minimum absolute atomic E-state index is 0.163. The lowest BCUT2D eigenvalue weighted by Gasteiger charge is -2.34. The summed E-state index contributed by atoms with van der Waals surface area (Å²) in [6.07, 6.45) is -2.29. The standard InChI is InChI=1S/C23H24F3N5O/c1-14(4-6-23(24,25)26)21-22-18(29-16(3)12-28-22)11-20(30-21)31-8-9-32-19(13-31)17-5-7-27-15(2)10-17/h5,7,10-12,19H,1,4,6,8-9,13H2,2-3H3. The summed E-state index contributed by atoms with van der Waals surface area (Å²) in [7, 11) is 0. The van der Waals surface area contributed by atoms with Crippen LogP contribution in [0.5, 0.6) is 0 Å². The highest BCUT2D eigenvalue weighted by Crippen LogP contribution is 2.32. The first-order valence-corrected chi connectivity index (χ1v) is 10.4. The Bertz CT molecular complexity index is 1150. The van der Waals surface area contributed by atoms with E-state index in [1.807, 2.05) is 32.0 Å². The van der Waals surface area contributed by atoms with E-state index in [0.29, 0.717) is 53.5 Å². The Hall–Kier alpha value is -3.07. The van der Waals surface area contributed by atoms with Crippen LogP contribution in [-0.4, -0.2) is 45.8 Å². The summed E-state index contributed by atoms with van der Waals surface area (Å²) in [6, 6.07) is 5.74. The summed E-state index contributed by atoms with van der Waals surface area (Å²) >= 11 is 0. The molecule has 3 aromatic rings. The summed E-state index contributed by atoms with van der Waals surface area (Å²) in [5.41, 5.74) is 4.34. The van der Waals surface area contributed by atoms with E-state index in [9.17, 15) is 13.2 Å². The molecule has 0 amide bonds. The van der Waals surface area contributed by atoms with Gasteiger partial charge in [-0.2, -0.15) is 13.2 Å². The zero-order chi connectivity index (χ0) is 22.9. The molecule has 3 aromatic heterocycles. The second kappa shape index (κ2) is 8.82. The van der Waals surface area contributed by atoms with Crippen molar-refractivity contribution < 1.29 is 17.9 Å². The number of allylic oxidation sites excluding steroid dienone is 1. The minimum Gasteiger partial charge on any atom is -0.370 e. The maximum Gasteiger partial charge on any atom is 0.389 e. The number of fused-ring (bicyclic) bond motifs is 1. The van der Waals surface area contributed by atoms with Gasteiger partial charge in [0.05, 0.1) is 23.5 Å². The molecule has 32 heavy (non-hydrogen) atoms. The van der Waals surface area contributed by atoms with E-state index in [1.165, 1.54) is 0 Å². The van der Waals surface area contributed by atoms with Gasteiger partial charge in [0.2, 0.25) is 0 Å². The molecule has 1 aliphatic heterocycles. The van der Waals surface area contributed by atoms with Crippen LogP contribution in [0.1, 0.15) is 41.6 Å². The van der Waals surface area contributed by atoms with Crippen molar-refractivity contribution in [3.8, 4) is 0 Å². The molecule has 0 aliphatic carbocycles. The van der Waals surface area contributed by atoms with Crippen molar-refractivity contribution in [3.05, 3.63) is 59.8 Å². The third kappa shape index (κ3) is 5.04. The molecule has 4 heterocycles. The first kappa shape index (κ1) is 22.1. The van der Waals surface area contributed by atoms with Crippen LogP contribution in [0.25, 0.3) is 16.6 Å². The van der Waals surface area contributed by atoms with Crippen molar-refractivity contribution in [2.45, 2.75) is 39.0 Å². The quantitative estimate of drug-likeness (QED) is 0.555. The van der Waals surface area contributed by atoms with Crippen molar-refractivity contribution in [1.29, 1.82) is 0 Å². The summed E-state index contributed by atoms with van der Waals surface area (Å²) in [5.74, 6) is 0.625. The molecule has 1 fully saturated rings. The van der Waals surface area contributed by atoms with Gasteiger partial charge in [-0.25, -0.2) is 9.97 Å². The maximum absolute atomic E-state index is 12.8. The van der Waals surface area contributed by atoms with E-state index < -0.39 is 12.6 Å². The van der Waals surface area contributed by atoms with Crippen LogP contribution in [0.3, 0.4) is 0 Å². The number of halogens is 3. The highest BCUT2D eigenvalue weighted by atomic mass is 19.4. The highest BCUT2D eigenvalue weighted by molar-refractivity contribution is 5.88. The fourth-order valence-corrected chi connectivity index (χ4v) is 3.75. The number of aryl methyl sites for hydroxylation is 2. The molecule has 0 aromatic carbocycles. The predicted octanol–water partition coefficient (Wildman–Crippen LogP) is 4.97. The van der Waals surface area contributed by atoms with E-state index >= 15 is 0 Å². The third-order valence-corrected chi connectivity index (χ3v) is 5.36. The first-order valence-electron chi connectivity index (χ1n) is 10.4. The Labute approximate surface area is 184 Å². The highest BCUT2D eigenvalue weighted by Gasteiger charge is 2.28. The first-order chi connectivity index (χ1) is 15.2. The van der Waals surface area contributed by atoms with Gasteiger partial charge in [0.15, 0.2) is 0 Å². The third-order valence-electron chi connectivity index (χ3n) is 5.36. The molecule has 9 heteroatoms. The number of anilines is 1. The Morgan fingerprint density at radius 3 is 2.75 bits per heavy atom. The van der Waals surface area contributed by atoms with E-state index in [2.05, 4.69) is 31.4 Å². The van der Waals surface area contributed by atoms with Gasteiger partial charge >= 0.3 is 6.18 Å². The number of nitrogens with zero attached hydrogens (tertiary/aromatic N) is 5. The molecule has 1 unspecified atom stereocenters. The number of hydrogen-bond acceptors (Lipinski definition) is 6. The fourth-order valence-electron chi connectivity index (χ4n) is 3.75. The number of morpholine rings is 1. The number of pyridine rings is 2. The molecule has 168 valence electrons. The lowest BCUT2D eigenvalue weighted by molar-refractivity contribution is -0.133. The fraction of sp³-hybridized carbons (Fsp3) is 0.391. The van der Waals surface area contributed by atoms with E-state index in [1.54, 1.807) is 12.4 Å². The normalized spacial score (nSPS) is 17.0. The van der Waals surface area contributed by atoms with Crippen LogP contribution in [0, 0.1) is 13.8 Å². The molecule has 0 bridgehead atoms. The topological polar surface area (TPSA) is 64.0 Å². The summed E-state index contributed by atoms with van der Waals surface area (Å²) < 4.78 is 44.3. The van der Waals surface area contributed by atoms with Gasteiger partial charge in [-0.3, -0.25) is 9.97 Å². The van der Waals surface area contributed by atoms with Crippen molar-refractivity contribution in [2.24, 2.45) is 0 Å². The van der Waals surface area contributed by atoms with Gasteiger partial charge in [-0.05, 0) is 43.5 Å². The van der Waals surface area contributed by atoms with Crippen LogP contribution in [0.4, 0.5) is 19.0 Å². The van der Waals surface area contributed by atoms with Crippen molar-refractivity contribution >= 4 is 22.4 Å². The average molecular weight is 443 g/mol. The van der Waals surface area contributed by atoms with Crippen LogP contribution < -0.4 is 4.90 Å². The van der Waals surface area contributed by atoms with E-state index in [0.717, 1.165) is 11.3 Å². The Kier molecular flexibility index (Phi) is 6.10. The van der Waals surface area contributed by atoms with Crippen molar-refractivity contribution in [2.75, 3.05) is 24.6 Å². The number of hydrogen-bond donors (Lipinski definition) is 0. The van der Waals surface area contributed by atoms with Crippen molar-refractivity contribution in [1.82, 2.24) is 19.9 Å². The molecule has 1 atom stereocenters. The van der Waals surface area contributed by atoms with Crippen LogP contribution >= 0.6 is 0 Å². The van der Waals surface area contributed by atoms with Crippen LogP contribution in [0.15, 0.2) is 37.2 Å². The monoisotopic (exact) mass is 443 g/mol. The Morgan fingerprint density at radius 2 is 2.00 bits per heavy atom.